The van der Waals surface area contributed by atoms with Crippen LogP contribution in [-0.2, 0) is 6.42 Å². The van der Waals surface area contributed by atoms with Crippen LogP contribution >= 0.6 is 0 Å². The van der Waals surface area contributed by atoms with Crippen molar-refractivity contribution < 1.29 is 8.81 Å². The number of H-pyrrole nitrogens is 1. The van der Waals surface area contributed by atoms with E-state index in [-0.39, 0.29) is 5.82 Å². The topological polar surface area (TPSA) is 85.6 Å². The lowest BCUT2D eigenvalue weighted by molar-refractivity contribution is 0.371. The summed E-state index contributed by atoms with van der Waals surface area (Å²) in [6, 6.07) is 10.6. The summed E-state index contributed by atoms with van der Waals surface area (Å²) in [5, 5.41) is 10.5. The lowest BCUT2D eigenvalue weighted by Crippen LogP contribution is -2.52. The minimum atomic E-state index is -0.174. The molecule has 0 radical (unpaired) electrons. The quantitative estimate of drug-likeness (QED) is 0.479. The summed E-state index contributed by atoms with van der Waals surface area (Å²) < 4.78 is 19.4. The van der Waals surface area contributed by atoms with E-state index in [0.717, 1.165) is 44.5 Å². The number of piperazine rings is 1. The molecule has 0 aliphatic carbocycles. The van der Waals surface area contributed by atoms with Gasteiger partial charge in [0.1, 0.15) is 11.6 Å². The number of benzene rings is 1. The number of nitrogens with one attached hydrogen (secondary N) is 2. The van der Waals surface area contributed by atoms with Crippen LogP contribution in [0.1, 0.15) is 12.7 Å². The van der Waals surface area contributed by atoms with Gasteiger partial charge in [-0.05, 0) is 31.2 Å². The van der Waals surface area contributed by atoms with Gasteiger partial charge in [0, 0.05) is 45.7 Å². The van der Waals surface area contributed by atoms with Gasteiger partial charge in [-0.15, -0.1) is 0 Å². The molecule has 158 valence electrons. The van der Waals surface area contributed by atoms with Crippen LogP contribution in [0.15, 0.2) is 52.1 Å². The second-order valence-electron chi connectivity index (χ2n) is 6.99. The highest BCUT2D eigenvalue weighted by Gasteiger charge is 2.21. The highest BCUT2D eigenvalue weighted by molar-refractivity contribution is 5.80. The van der Waals surface area contributed by atoms with Gasteiger partial charge in [-0.3, -0.25) is 10.1 Å². The summed E-state index contributed by atoms with van der Waals surface area (Å²) in [6.07, 6.45) is 2.25. The Morgan fingerprint density at radius 2 is 2.03 bits per heavy atom. The first-order valence-corrected chi connectivity index (χ1v) is 10.2. The van der Waals surface area contributed by atoms with Crippen molar-refractivity contribution in [1.29, 1.82) is 0 Å². The van der Waals surface area contributed by atoms with Crippen LogP contribution in [-0.4, -0.2) is 65.3 Å². The van der Waals surface area contributed by atoms with Crippen molar-refractivity contribution in [2.45, 2.75) is 13.3 Å². The molecule has 0 unspecified atom stereocenters. The number of hydrogen-bond acceptors (Lipinski definition) is 5. The van der Waals surface area contributed by atoms with Crippen molar-refractivity contribution in [1.82, 2.24) is 25.4 Å². The SMILES string of the molecule is CCNC(=NCCc1nc(-c2ccco2)n[nH]1)N1CCN(c2ccccc2F)CC1. The van der Waals surface area contributed by atoms with E-state index in [1.165, 1.54) is 6.07 Å². The second-order valence-corrected chi connectivity index (χ2v) is 6.99. The van der Waals surface area contributed by atoms with Gasteiger partial charge in [-0.1, -0.05) is 12.1 Å². The molecule has 0 atom stereocenters. The number of furan rings is 1. The molecule has 3 heterocycles. The molecule has 1 saturated heterocycles. The number of aromatic nitrogens is 3. The number of aromatic amines is 1. The summed E-state index contributed by atoms with van der Waals surface area (Å²) in [5.74, 6) is 2.66. The van der Waals surface area contributed by atoms with Gasteiger partial charge in [-0.25, -0.2) is 9.37 Å². The zero-order valence-corrected chi connectivity index (χ0v) is 17.0. The number of nitrogens with zero attached hydrogens (tertiary/aromatic N) is 5. The average molecular weight is 411 g/mol. The molecule has 1 aromatic carbocycles. The molecular formula is C21H26FN7O. The maximum atomic E-state index is 14.1. The van der Waals surface area contributed by atoms with E-state index < -0.39 is 0 Å². The fraction of sp³-hybridized carbons (Fsp3) is 0.381. The molecule has 0 saturated carbocycles. The fourth-order valence-electron chi connectivity index (χ4n) is 3.48. The van der Waals surface area contributed by atoms with E-state index in [9.17, 15) is 4.39 Å². The number of aliphatic imine (C=N–C) groups is 1. The Hall–Kier alpha value is -3.36. The highest BCUT2D eigenvalue weighted by Crippen LogP contribution is 2.20. The van der Waals surface area contributed by atoms with Crippen molar-refractivity contribution >= 4 is 11.6 Å². The Labute approximate surface area is 174 Å². The predicted octanol–water partition coefficient (Wildman–Crippen LogP) is 2.53. The minimum Gasteiger partial charge on any atom is -0.461 e. The number of rotatable bonds is 6. The first kappa shape index (κ1) is 19.9. The molecule has 2 N–H and O–H groups in total. The van der Waals surface area contributed by atoms with E-state index >= 15 is 0 Å². The summed E-state index contributed by atoms with van der Waals surface area (Å²) in [7, 11) is 0. The highest BCUT2D eigenvalue weighted by atomic mass is 19.1. The fourth-order valence-corrected chi connectivity index (χ4v) is 3.48. The monoisotopic (exact) mass is 411 g/mol. The normalized spacial score (nSPS) is 14.9. The van der Waals surface area contributed by atoms with Crippen molar-refractivity contribution in [2.75, 3.05) is 44.2 Å². The first-order chi connectivity index (χ1) is 14.7. The zero-order chi connectivity index (χ0) is 20.8. The third-order valence-corrected chi connectivity index (χ3v) is 4.99. The number of anilines is 1. The van der Waals surface area contributed by atoms with E-state index in [1.54, 1.807) is 12.3 Å². The van der Waals surface area contributed by atoms with Gasteiger partial charge in [-0.2, -0.15) is 5.10 Å². The molecule has 1 aliphatic rings. The molecular weight excluding hydrogens is 385 g/mol. The van der Waals surface area contributed by atoms with Crippen LogP contribution < -0.4 is 10.2 Å². The predicted molar refractivity (Wildman–Crippen MR) is 114 cm³/mol. The van der Waals surface area contributed by atoms with Gasteiger partial charge in [0.2, 0.25) is 5.82 Å². The van der Waals surface area contributed by atoms with Gasteiger partial charge in [0.15, 0.2) is 11.7 Å². The van der Waals surface area contributed by atoms with E-state index in [0.29, 0.717) is 30.2 Å². The third-order valence-electron chi connectivity index (χ3n) is 4.99. The molecule has 30 heavy (non-hydrogen) atoms. The standard InChI is InChI=1S/C21H26FN7O/c1-2-23-21(24-10-9-19-25-20(27-26-19)18-8-5-15-30-18)29-13-11-28(12-14-29)17-7-4-3-6-16(17)22/h3-8,15H,2,9-14H2,1H3,(H,23,24)(H,25,26,27). The summed E-state index contributed by atoms with van der Waals surface area (Å²) in [4.78, 5) is 13.5. The van der Waals surface area contributed by atoms with Crippen LogP contribution in [0, 0.1) is 5.82 Å². The molecule has 0 bridgehead atoms. The minimum absolute atomic E-state index is 0.174. The molecule has 0 amide bonds. The van der Waals surface area contributed by atoms with Gasteiger partial charge < -0.3 is 19.5 Å². The molecule has 8 nitrogen and oxygen atoms in total. The van der Waals surface area contributed by atoms with Crippen molar-refractivity contribution in [3.8, 4) is 11.6 Å². The molecule has 4 rings (SSSR count). The summed E-state index contributed by atoms with van der Waals surface area (Å²) in [6.45, 7) is 6.49. The maximum absolute atomic E-state index is 14.1. The van der Waals surface area contributed by atoms with E-state index in [1.807, 2.05) is 24.3 Å². The Morgan fingerprint density at radius 1 is 1.20 bits per heavy atom. The molecule has 1 aliphatic heterocycles. The number of guanidine groups is 1. The van der Waals surface area contributed by atoms with Crippen LogP contribution in [0.5, 0.6) is 0 Å². The Bertz CT molecular complexity index is 961. The van der Waals surface area contributed by atoms with Crippen LogP contribution in [0.4, 0.5) is 10.1 Å². The summed E-state index contributed by atoms with van der Waals surface area (Å²) >= 11 is 0. The van der Waals surface area contributed by atoms with E-state index in [2.05, 4.69) is 37.2 Å². The van der Waals surface area contributed by atoms with Crippen molar-refractivity contribution in [3.63, 3.8) is 0 Å². The van der Waals surface area contributed by atoms with Gasteiger partial charge >= 0.3 is 0 Å². The third kappa shape index (κ3) is 4.61. The van der Waals surface area contributed by atoms with Crippen LogP contribution in [0.25, 0.3) is 11.6 Å². The number of hydrogen-bond donors (Lipinski definition) is 2. The largest absolute Gasteiger partial charge is 0.461 e. The number of para-hydroxylation sites is 1. The molecule has 2 aromatic heterocycles. The lowest BCUT2D eigenvalue weighted by atomic mass is 10.2. The first-order valence-electron chi connectivity index (χ1n) is 10.2. The summed E-state index contributed by atoms with van der Waals surface area (Å²) in [5.41, 5.74) is 0.664. The molecule has 1 fully saturated rings. The average Bonchev–Trinajstić information content (AvgIpc) is 3.46. The van der Waals surface area contributed by atoms with Crippen LogP contribution in [0.2, 0.25) is 0 Å². The number of halogens is 1. The van der Waals surface area contributed by atoms with Crippen LogP contribution in [0.3, 0.4) is 0 Å². The van der Waals surface area contributed by atoms with Gasteiger partial charge in [0.05, 0.1) is 12.0 Å². The Balaban J connectivity index is 1.33. The smallest absolute Gasteiger partial charge is 0.216 e. The lowest BCUT2D eigenvalue weighted by Gasteiger charge is -2.37. The Kier molecular flexibility index (Phi) is 6.26. The molecule has 9 heteroatoms. The Morgan fingerprint density at radius 3 is 2.77 bits per heavy atom. The molecule has 0 spiro atoms. The van der Waals surface area contributed by atoms with Crippen molar-refractivity contribution in [3.05, 3.63) is 54.3 Å². The van der Waals surface area contributed by atoms with E-state index in [4.69, 9.17) is 9.41 Å². The zero-order valence-electron chi connectivity index (χ0n) is 17.0. The van der Waals surface area contributed by atoms with Crippen molar-refractivity contribution in [2.24, 2.45) is 4.99 Å². The van der Waals surface area contributed by atoms with Gasteiger partial charge in [0.25, 0.3) is 0 Å². The maximum Gasteiger partial charge on any atom is 0.216 e. The molecule has 3 aromatic rings. The second kappa shape index (κ2) is 9.43.